The van der Waals surface area contributed by atoms with Crippen molar-refractivity contribution in [2.24, 2.45) is 5.92 Å². The number of nitrogens with zero attached hydrogens (tertiary/aromatic N) is 1. The van der Waals surface area contributed by atoms with E-state index in [9.17, 15) is 9.90 Å². The van der Waals surface area contributed by atoms with Crippen LogP contribution in [0.2, 0.25) is 0 Å². The quantitative estimate of drug-likeness (QED) is 0.794. The van der Waals surface area contributed by atoms with Gasteiger partial charge in [0.1, 0.15) is 5.69 Å². The molecule has 0 radical (unpaired) electrons. The molecule has 2 aromatic heterocycles. The number of H-pyrrole nitrogens is 1. The zero-order valence-corrected chi connectivity index (χ0v) is 13.5. The molecular weight excluding hydrogens is 286 g/mol. The van der Waals surface area contributed by atoms with Crippen LogP contribution in [0.15, 0.2) is 17.6 Å². The van der Waals surface area contributed by atoms with Crippen molar-refractivity contribution in [3.63, 3.8) is 0 Å². The monoisotopic (exact) mass is 307 g/mol. The molecule has 2 aromatic rings. The summed E-state index contributed by atoms with van der Waals surface area (Å²) >= 11 is 1.58. The second-order valence-electron chi connectivity index (χ2n) is 5.75. The largest absolute Gasteiger partial charge is 0.388 e. The topological polar surface area (TPSA) is 78.0 Å². The zero-order valence-electron chi connectivity index (χ0n) is 12.7. The third kappa shape index (κ3) is 3.71. The number of nitrogens with one attached hydrogen (secondary N) is 2. The first kappa shape index (κ1) is 15.7. The summed E-state index contributed by atoms with van der Waals surface area (Å²) in [6.45, 7) is 7.72. The van der Waals surface area contributed by atoms with Gasteiger partial charge in [-0.2, -0.15) is 0 Å². The van der Waals surface area contributed by atoms with Crippen molar-refractivity contribution in [2.75, 3.05) is 6.54 Å². The number of carbonyl (C=O) groups is 1. The molecule has 0 spiro atoms. The maximum Gasteiger partial charge on any atom is 0.267 e. The van der Waals surface area contributed by atoms with E-state index in [0.29, 0.717) is 5.69 Å². The van der Waals surface area contributed by atoms with E-state index in [0.717, 1.165) is 16.3 Å². The van der Waals surface area contributed by atoms with Crippen molar-refractivity contribution in [3.05, 3.63) is 28.3 Å². The number of aliphatic hydroxyl groups is 1. The number of aromatic nitrogens is 2. The van der Waals surface area contributed by atoms with Gasteiger partial charge in [-0.05, 0) is 25.8 Å². The zero-order chi connectivity index (χ0) is 15.6. The Bertz CT molecular complexity index is 628. The molecule has 1 amide bonds. The number of aromatic amines is 1. The van der Waals surface area contributed by atoms with Crippen LogP contribution < -0.4 is 5.32 Å². The summed E-state index contributed by atoms with van der Waals surface area (Å²) in [5, 5.41) is 15.8. The van der Waals surface area contributed by atoms with Crippen molar-refractivity contribution in [1.29, 1.82) is 0 Å². The van der Waals surface area contributed by atoms with Gasteiger partial charge in [-0.3, -0.25) is 4.79 Å². The maximum atomic E-state index is 12.1. The molecule has 3 N–H and O–H groups in total. The smallest absolute Gasteiger partial charge is 0.267 e. The van der Waals surface area contributed by atoms with Gasteiger partial charge in [0.05, 0.1) is 16.3 Å². The number of hydrogen-bond acceptors (Lipinski definition) is 4. The van der Waals surface area contributed by atoms with Gasteiger partial charge in [-0.15, -0.1) is 11.3 Å². The highest BCUT2D eigenvalue weighted by atomic mass is 32.1. The van der Waals surface area contributed by atoms with Crippen LogP contribution in [-0.4, -0.2) is 33.1 Å². The summed E-state index contributed by atoms with van der Waals surface area (Å²) in [5.74, 6) is -0.163. The predicted octanol–water partition coefficient (Wildman–Crippen LogP) is 2.58. The van der Waals surface area contributed by atoms with E-state index < -0.39 is 5.60 Å². The number of rotatable bonds is 5. The molecule has 2 heterocycles. The third-order valence-corrected chi connectivity index (χ3v) is 4.47. The standard InChI is InChI=1S/C15H21N3O2S/c1-9(2)15(4,20)8-17-14(19)12-5-11(6-16-12)13-7-21-10(3)18-13/h5-7,9,16,20H,8H2,1-4H3,(H,17,19). The number of hydrogen-bond donors (Lipinski definition) is 3. The van der Waals surface area contributed by atoms with Crippen molar-refractivity contribution in [2.45, 2.75) is 33.3 Å². The summed E-state index contributed by atoms with van der Waals surface area (Å²) in [6, 6.07) is 1.77. The highest BCUT2D eigenvalue weighted by Crippen LogP contribution is 2.22. The molecule has 21 heavy (non-hydrogen) atoms. The fraction of sp³-hybridized carbons (Fsp3) is 0.467. The van der Waals surface area contributed by atoms with Gasteiger partial charge >= 0.3 is 0 Å². The minimum atomic E-state index is -0.920. The minimum Gasteiger partial charge on any atom is -0.388 e. The Morgan fingerprint density at radius 3 is 2.86 bits per heavy atom. The van der Waals surface area contributed by atoms with Crippen LogP contribution in [0.5, 0.6) is 0 Å². The Balaban J connectivity index is 2.03. The first-order chi connectivity index (χ1) is 9.79. The van der Waals surface area contributed by atoms with E-state index in [1.807, 2.05) is 26.2 Å². The van der Waals surface area contributed by atoms with Crippen molar-refractivity contribution in [3.8, 4) is 11.3 Å². The fourth-order valence-corrected chi connectivity index (χ4v) is 2.35. The maximum absolute atomic E-state index is 12.1. The molecule has 0 aromatic carbocycles. The molecule has 0 aliphatic carbocycles. The molecule has 2 rings (SSSR count). The van der Waals surface area contributed by atoms with Gasteiger partial charge in [0.25, 0.3) is 5.91 Å². The SMILES string of the molecule is Cc1nc(-c2c[nH]c(C(=O)NCC(C)(O)C(C)C)c2)cs1. The average molecular weight is 307 g/mol. The molecule has 114 valence electrons. The van der Waals surface area contributed by atoms with Crippen LogP contribution in [0.4, 0.5) is 0 Å². The Labute approximate surface area is 128 Å². The molecule has 0 aliphatic rings. The Morgan fingerprint density at radius 1 is 1.57 bits per heavy atom. The van der Waals surface area contributed by atoms with Crippen LogP contribution in [0, 0.1) is 12.8 Å². The Morgan fingerprint density at radius 2 is 2.29 bits per heavy atom. The summed E-state index contributed by atoms with van der Waals surface area (Å²) in [5.41, 5.74) is 1.30. The minimum absolute atomic E-state index is 0.0648. The lowest BCUT2D eigenvalue weighted by atomic mass is 9.92. The fourth-order valence-electron chi connectivity index (χ4n) is 1.73. The average Bonchev–Trinajstić information content (AvgIpc) is 3.04. The second kappa shape index (κ2) is 5.99. The molecule has 1 unspecified atom stereocenters. The molecule has 0 aliphatic heterocycles. The van der Waals surface area contributed by atoms with Crippen LogP contribution >= 0.6 is 11.3 Å². The Hall–Kier alpha value is -1.66. The van der Waals surface area contributed by atoms with Crippen LogP contribution in [0.25, 0.3) is 11.3 Å². The van der Waals surface area contributed by atoms with Gasteiger partial charge in [0, 0.05) is 23.7 Å². The number of aryl methyl sites for hydroxylation is 1. The van der Waals surface area contributed by atoms with E-state index in [-0.39, 0.29) is 18.4 Å². The van der Waals surface area contributed by atoms with E-state index in [1.165, 1.54) is 0 Å². The van der Waals surface area contributed by atoms with E-state index in [4.69, 9.17) is 0 Å². The lowest BCUT2D eigenvalue weighted by Gasteiger charge is -2.27. The lowest BCUT2D eigenvalue weighted by molar-refractivity contribution is 0.0142. The van der Waals surface area contributed by atoms with Crippen LogP contribution in [0.3, 0.4) is 0 Å². The first-order valence-electron chi connectivity index (χ1n) is 6.91. The summed E-state index contributed by atoms with van der Waals surface area (Å²) < 4.78 is 0. The molecule has 0 fully saturated rings. The van der Waals surface area contributed by atoms with Crippen LogP contribution in [0.1, 0.15) is 36.3 Å². The highest BCUT2D eigenvalue weighted by molar-refractivity contribution is 7.09. The molecule has 5 nitrogen and oxygen atoms in total. The summed E-state index contributed by atoms with van der Waals surface area (Å²) in [7, 11) is 0. The van der Waals surface area contributed by atoms with Gasteiger partial charge in [-0.1, -0.05) is 13.8 Å². The molecule has 0 bridgehead atoms. The molecule has 1 atom stereocenters. The Kier molecular flexibility index (Phi) is 4.49. The van der Waals surface area contributed by atoms with E-state index in [1.54, 1.807) is 30.5 Å². The van der Waals surface area contributed by atoms with E-state index in [2.05, 4.69) is 15.3 Å². The van der Waals surface area contributed by atoms with Gasteiger partial charge in [0.2, 0.25) is 0 Å². The number of carbonyl (C=O) groups excluding carboxylic acids is 1. The van der Waals surface area contributed by atoms with Gasteiger partial charge in [0.15, 0.2) is 0 Å². The van der Waals surface area contributed by atoms with E-state index >= 15 is 0 Å². The summed E-state index contributed by atoms with van der Waals surface area (Å²) in [6.07, 6.45) is 1.77. The predicted molar refractivity (Wildman–Crippen MR) is 84.4 cm³/mol. The number of amides is 1. The van der Waals surface area contributed by atoms with Crippen LogP contribution in [-0.2, 0) is 0 Å². The van der Waals surface area contributed by atoms with Gasteiger partial charge < -0.3 is 15.4 Å². The van der Waals surface area contributed by atoms with Crippen molar-refractivity contribution >= 4 is 17.2 Å². The highest BCUT2D eigenvalue weighted by Gasteiger charge is 2.25. The first-order valence-corrected chi connectivity index (χ1v) is 7.79. The summed E-state index contributed by atoms with van der Waals surface area (Å²) in [4.78, 5) is 19.4. The second-order valence-corrected chi connectivity index (χ2v) is 6.81. The third-order valence-electron chi connectivity index (χ3n) is 3.69. The van der Waals surface area contributed by atoms with Crippen molar-refractivity contribution < 1.29 is 9.90 Å². The van der Waals surface area contributed by atoms with Gasteiger partial charge in [-0.25, -0.2) is 4.98 Å². The number of thiazole rings is 1. The molecular formula is C15H21N3O2S. The molecule has 0 saturated heterocycles. The normalized spacial score (nSPS) is 14.2. The molecule has 6 heteroatoms. The molecule has 0 saturated carbocycles. The lowest BCUT2D eigenvalue weighted by Crippen LogP contribution is -2.44. The van der Waals surface area contributed by atoms with Crippen molar-refractivity contribution in [1.82, 2.24) is 15.3 Å².